The van der Waals surface area contributed by atoms with Crippen molar-refractivity contribution < 1.29 is 39.3 Å². The third-order valence-corrected chi connectivity index (χ3v) is 1.54. The number of primary amides is 1. The van der Waals surface area contributed by atoms with E-state index in [2.05, 4.69) is 10.6 Å². The van der Waals surface area contributed by atoms with E-state index in [1.54, 1.807) is 0 Å². The number of carboxylic acid groups (broad SMARTS) is 2. The Morgan fingerprint density at radius 1 is 1.17 bits per heavy atom. The molecule has 0 aromatic heterocycles. The molecule has 0 rings (SSSR count). The van der Waals surface area contributed by atoms with Crippen molar-refractivity contribution in [3.8, 4) is 0 Å². The van der Waals surface area contributed by atoms with Crippen LogP contribution in [0.5, 0.6) is 0 Å². The van der Waals surface area contributed by atoms with Gasteiger partial charge in [0.1, 0.15) is 0 Å². The van der Waals surface area contributed by atoms with Gasteiger partial charge < -0.3 is 32.0 Å². The molecule has 0 fully saturated rings. The molecule has 1 atom stereocenters. The van der Waals surface area contributed by atoms with E-state index >= 15 is 0 Å². The minimum atomic E-state index is -2.82. The van der Waals surface area contributed by atoms with Gasteiger partial charge in [0.15, 0.2) is 5.60 Å². The van der Waals surface area contributed by atoms with Crippen molar-refractivity contribution in [1.82, 2.24) is 11.6 Å². The molecule has 0 saturated carbocycles. The maximum Gasteiger partial charge on any atom is 0.345 e. The van der Waals surface area contributed by atoms with Crippen LogP contribution < -0.4 is 17.4 Å². The van der Waals surface area contributed by atoms with Gasteiger partial charge in [-0.05, 0) is 0 Å². The summed E-state index contributed by atoms with van der Waals surface area (Å²) in [6, 6.07) is -1.21. The lowest BCUT2D eigenvalue weighted by Crippen LogP contribution is -2.44. The van der Waals surface area contributed by atoms with Gasteiger partial charge in [-0.25, -0.2) is 14.4 Å². The first-order chi connectivity index (χ1) is 7.67. The van der Waals surface area contributed by atoms with Crippen LogP contribution in [0.15, 0.2) is 0 Å². The van der Waals surface area contributed by atoms with Crippen molar-refractivity contribution in [3.63, 3.8) is 0 Å². The lowest BCUT2D eigenvalue weighted by molar-refractivity contribution is -0.173. The van der Waals surface area contributed by atoms with E-state index in [4.69, 9.17) is 10.2 Å². The number of hydrogen-bond donors (Lipinski definition) is 6. The normalized spacial score (nSPS) is 12.5. The van der Waals surface area contributed by atoms with Crippen molar-refractivity contribution in [2.24, 2.45) is 5.73 Å². The monoisotopic (exact) mass is 267 g/mol. The highest BCUT2D eigenvalue weighted by Gasteiger charge is 2.41. The summed E-state index contributed by atoms with van der Waals surface area (Å²) in [7, 11) is 0. The summed E-state index contributed by atoms with van der Waals surface area (Å²) in [6.07, 6.45) is -2.36. The van der Waals surface area contributed by atoms with E-state index in [0.717, 1.165) is 0 Å². The summed E-state index contributed by atoms with van der Waals surface area (Å²) in [4.78, 5) is 45.9. The van der Waals surface area contributed by atoms with Crippen molar-refractivity contribution >= 4 is 23.9 Å². The highest BCUT2D eigenvalue weighted by Crippen LogP contribution is 2.16. The van der Waals surface area contributed by atoms with Crippen LogP contribution >= 0.6 is 0 Å². The molecule has 0 aromatic rings. The van der Waals surface area contributed by atoms with Crippen molar-refractivity contribution in [1.29, 1.82) is 0 Å². The SMILES string of the molecule is N.NC(=O)NOC(=O)CC(O)(CC(=O)O)C(=O)O. The zero-order valence-corrected chi connectivity index (χ0v) is 9.08. The molecule has 11 nitrogen and oxygen atoms in total. The summed E-state index contributed by atoms with van der Waals surface area (Å²) < 4.78 is 0. The van der Waals surface area contributed by atoms with Crippen molar-refractivity contribution in [2.75, 3.05) is 0 Å². The Morgan fingerprint density at radius 3 is 2.00 bits per heavy atom. The number of aliphatic hydroxyl groups is 1. The van der Waals surface area contributed by atoms with E-state index in [-0.39, 0.29) is 6.15 Å². The molecule has 9 N–H and O–H groups in total. The number of aliphatic carboxylic acids is 2. The molecule has 1 unspecified atom stereocenters. The van der Waals surface area contributed by atoms with Gasteiger partial charge in [0.25, 0.3) is 0 Å². The van der Waals surface area contributed by atoms with E-state index in [1.807, 2.05) is 0 Å². The number of carbonyl (C=O) groups excluding carboxylic acids is 2. The number of carbonyl (C=O) groups is 4. The minimum absolute atomic E-state index is 0. The summed E-state index contributed by atoms with van der Waals surface area (Å²) in [5, 5.41) is 26.3. The van der Waals surface area contributed by atoms with Crippen LogP contribution in [0.25, 0.3) is 0 Å². The molecule has 0 radical (unpaired) electrons. The van der Waals surface area contributed by atoms with Crippen LogP contribution in [0.4, 0.5) is 4.79 Å². The van der Waals surface area contributed by atoms with Gasteiger partial charge in [-0.3, -0.25) is 4.79 Å². The van der Waals surface area contributed by atoms with Gasteiger partial charge in [0.2, 0.25) is 0 Å². The van der Waals surface area contributed by atoms with Crippen LogP contribution in [0.1, 0.15) is 12.8 Å². The quantitative estimate of drug-likeness (QED) is 0.302. The molecule has 104 valence electrons. The Hall–Kier alpha value is -2.40. The molecular formula is C7H13N3O8. The lowest BCUT2D eigenvalue weighted by atomic mass is 9.96. The second-order valence-electron chi connectivity index (χ2n) is 3.02. The third kappa shape index (κ3) is 6.24. The molecule has 11 heteroatoms. The third-order valence-electron chi connectivity index (χ3n) is 1.54. The summed E-state index contributed by atoms with van der Waals surface area (Å²) in [5.74, 6) is -4.88. The molecule has 0 spiro atoms. The Morgan fingerprint density at radius 2 is 1.67 bits per heavy atom. The highest BCUT2D eigenvalue weighted by molar-refractivity contribution is 5.88. The van der Waals surface area contributed by atoms with Crippen LogP contribution in [0, 0.1) is 0 Å². The van der Waals surface area contributed by atoms with E-state index in [0.29, 0.717) is 0 Å². The van der Waals surface area contributed by atoms with E-state index < -0.39 is 42.4 Å². The summed E-state index contributed by atoms with van der Waals surface area (Å²) >= 11 is 0. The lowest BCUT2D eigenvalue weighted by Gasteiger charge is -2.19. The fraction of sp³-hybridized carbons (Fsp3) is 0.429. The molecule has 0 aliphatic carbocycles. The molecular weight excluding hydrogens is 254 g/mol. The average Bonchev–Trinajstić information content (AvgIpc) is 2.12. The standard InChI is InChI=1S/C7H10N2O8.H3N/c8-6(15)9-17-4(12)2-7(16,5(13)14)1-3(10)11;/h16H,1-2H2,(H,10,11)(H,13,14)(H3,8,9,15);1H3. The number of urea groups is 1. The van der Waals surface area contributed by atoms with Gasteiger partial charge in [0.05, 0.1) is 12.8 Å². The number of nitrogens with two attached hydrogens (primary N) is 1. The zero-order chi connectivity index (χ0) is 13.6. The first-order valence-corrected chi connectivity index (χ1v) is 4.10. The number of carboxylic acids is 2. The van der Waals surface area contributed by atoms with Crippen LogP contribution in [0.2, 0.25) is 0 Å². The molecule has 0 heterocycles. The first kappa shape index (κ1) is 18.0. The van der Waals surface area contributed by atoms with Gasteiger partial charge >= 0.3 is 23.9 Å². The second-order valence-corrected chi connectivity index (χ2v) is 3.02. The maximum absolute atomic E-state index is 10.9. The van der Waals surface area contributed by atoms with E-state index in [1.165, 1.54) is 5.48 Å². The van der Waals surface area contributed by atoms with Gasteiger partial charge in [-0.15, -0.1) is 0 Å². The second kappa shape index (κ2) is 7.03. The topological polar surface area (TPSA) is 211 Å². The predicted octanol–water partition coefficient (Wildman–Crippen LogP) is -2.04. The average molecular weight is 267 g/mol. The number of nitrogens with one attached hydrogen (secondary N) is 1. The largest absolute Gasteiger partial charge is 0.481 e. The van der Waals surface area contributed by atoms with Crippen LogP contribution in [-0.4, -0.2) is 44.9 Å². The fourth-order valence-corrected chi connectivity index (χ4v) is 0.846. The Kier molecular flexibility index (Phi) is 7.02. The number of rotatable bonds is 5. The van der Waals surface area contributed by atoms with Crippen molar-refractivity contribution in [2.45, 2.75) is 18.4 Å². The zero-order valence-electron chi connectivity index (χ0n) is 9.08. The molecule has 0 bridgehead atoms. The van der Waals surface area contributed by atoms with Gasteiger partial charge in [-0.1, -0.05) is 0 Å². The van der Waals surface area contributed by atoms with Crippen molar-refractivity contribution in [3.05, 3.63) is 0 Å². The van der Waals surface area contributed by atoms with Gasteiger partial charge in [-0.2, -0.15) is 5.48 Å². The molecule has 0 aliphatic heterocycles. The molecule has 0 aromatic carbocycles. The smallest absolute Gasteiger partial charge is 0.345 e. The Balaban J connectivity index is 0. The minimum Gasteiger partial charge on any atom is -0.481 e. The summed E-state index contributed by atoms with van der Waals surface area (Å²) in [6.45, 7) is 0. The highest BCUT2D eigenvalue weighted by atomic mass is 16.7. The maximum atomic E-state index is 10.9. The Bertz CT molecular complexity index is 357. The number of amides is 2. The molecule has 0 aliphatic rings. The fourth-order valence-electron chi connectivity index (χ4n) is 0.846. The predicted molar refractivity (Wildman–Crippen MR) is 53.3 cm³/mol. The van der Waals surface area contributed by atoms with E-state index in [9.17, 15) is 24.3 Å². The van der Waals surface area contributed by atoms with Crippen LogP contribution in [0.3, 0.4) is 0 Å². The first-order valence-electron chi connectivity index (χ1n) is 4.10. The number of hydrogen-bond acceptors (Lipinski definition) is 7. The number of hydroxylamine groups is 1. The van der Waals surface area contributed by atoms with Crippen LogP contribution in [-0.2, 0) is 19.2 Å². The van der Waals surface area contributed by atoms with Gasteiger partial charge in [0, 0.05) is 0 Å². The molecule has 2 amide bonds. The molecule has 18 heavy (non-hydrogen) atoms. The molecule has 0 saturated heterocycles. The summed E-state index contributed by atoms with van der Waals surface area (Å²) in [5.41, 5.74) is 3.13. The Labute approximate surface area is 100 Å².